The minimum absolute atomic E-state index is 0.100. The normalized spacial score (nSPS) is 12.3. The van der Waals surface area contributed by atoms with E-state index in [1.807, 2.05) is 48.5 Å². The second-order valence-electron chi connectivity index (χ2n) is 4.95. The monoisotopic (exact) mass is 260 g/mol. The van der Waals surface area contributed by atoms with Crippen LogP contribution in [-0.4, -0.2) is 12.9 Å². The fourth-order valence-electron chi connectivity index (χ4n) is 2.95. The van der Waals surface area contributed by atoms with Crippen molar-refractivity contribution in [3.63, 3.8) is 0 Å². The molecule has 20 heavy (non-hydrogen) atoms. The molecule has 0 fully saturated rings. The van der Waals surface area contributed by atoms with Crippen molar-refractivity contribution in [1.29, 1.82) is 0 Å². The summed E-state index contributed by atoms with van der Waals surface area (Å²) in [6.45, 7) is 0. The molecule has 4 rings (SSSR count). The van der Waals surface area contributed by atoms with Gasteiger partial charge in [-0.2, -0.15) is 0 Å². The lowest BCUT2D eigenvalue weighted by atomic mass is 10.00. The number of hydrogen-bond donors (Lipinski definition) is 0. The Hall–Kier alpha value is -2.61. The van der Waals surface area contributed by atoms with E-state index in [1.165, 1.54) is 0 Å². The summed E-state index contributed by atoms with van der Waals surface area (Å²) in [6.07, 6.45) is 0. The van der Waals surface area contributed by atoms with Gasteiger partial charge < -0.3 is 4.74 Å². The van der Waals surface area contributed by atoms with E-state index >= 15 is 0 Å². The van der Waals surface area contributed by atoms with E-state index in [0.29, 0.717) is 0 Å². The van der Waals surface area contributed by atoms with Gasteiger partial charge in [0, 0.05) is 16.5 Å². The zero-order valence-electron chi connectivity index (χ0n) is 11.0. The van der Waals surface area contributed by atoms with Gasteiger partial charge in [-0.05, 0) is 34.7 Å². The molecule has 1 aliphatic carbocycles. The molecule has 0 bridgehead atoms. The Morgan fingerprint density at radius 1 is 0.800 bits per heavy atom. The van der Waals surface area contributed by atoms with Gasteiger partial charge in [-0.1, -0.05) is 36.4 Å². The predicted molar refractivity (Wildman–Crippen MR) is 79.4 cm³/mol. The zero-order chi connectivity index (χ0) is 13.7. The number of ketones is 1. The maximum Gasteiger partial charge on any atom is 0.194 e. The topological polar surface area (TPSA) is 26.3 Å². The van der Waals surface area contributed by atoms with Crippen LogP contribution in [0.4, 0.5) is 0 Å². The highest BCUT2D eigenvalue weighted by Crippen LogP contribution is 2.40. The van der Waals surface area contributed by atoms with Crippen LogP contribution in [0.15, 0.2) is 54.6 Å². The molecule has 0 saturated carbocycles. The highest BCUT2D eigenvalue weighted by molar-refractivity contribution is 6.23. The van der Waals surface area contributed by atoms with Crippen LogP contribution in [0.3, 0.4) is 0 Å². The van der Waals surface area contributed by atoms with Crippen LogP contribution in [0.25, 0.3) is 21.9 Å². The minimum Gasteiger partial charge on any atom is -0.496 e. The van der Waals surface area contributed by atoms with Crippen molar-refractivity contribution < 1.29 is 9.53 Å². The molecule has 0 spiro atoms. The van der Waals surface area contributed by atoms with Gasteiger partial charge in [0.05, 0.1) is 7.11 Å². The summed E-state index contributed by atoms with van der Waals surface area (Å²) >= 11 is 0. The lowest BCUT2D eigenvalue weighted by Gasteiger charge is -2.07. The maximum absolute atomic E-state index is 12.5. The Bertz CT molecular complexity index is 862. The van der Waals surface area contributed by atoms with E-state index in [0.717, 1.165) is 38.8 Å². The zero-order valence-corrected chi connectivity index (χ0v) is 11.0. The molecule has 0 aliphatic heterocycles. The van der Waals surface area contributed by atoms with E-state index in [4.69, 9.17) is 4.74 Å². The van der Waals surface area contributed by atoms with Crippen LogP contribution >= 0.6 is 0 Å². The maximum atomic E-state index is 12.5. The van der Waals surface area contributed by atoms with E-state index in [1.54, 1.807) is 7.11 Å². The molecule has 0 radical (unpaired) electrons. The molecule has 0 atom stereocenters. The molecule has 0 amide bonds. The summed E-state index contributed by atoms with van der Waals surface area (Å²) in [4.78, 5) is 12.5. The number of fused-ring (bicyclic) bond motifs is 4. The Morgan fingerprint density at radius 3 is 2.40 bits per heavy atom. The molecule has 2 nitrogen and oxygen atoms in total. The molecule has 96 valence electrons. The molecule has 0 N–H and O–H groups in total. The standard InChI is InChI=1S/C18H12O2/c1-20-17-8-4-5-11-9-15-12-6-2-3-7-13(12)18(19)16(15)10-14(11)17/h2-10H,1H3. The van der Waals surface area contributed by atoms with E-state index in [-0.39, 0.29) is 5.78 Å². The Labute approximate surface area is 116 Å². The Balaban J connectivity index is 2.10. The quantitative estimate of drug-likeness (QED) is 0.516. The van der Waals surface area contributed by atoms with Crippen LogP contribution < -0.4 is 4.74 Å². The van der Waals surface area contributed by atoms with Crippen molar-refractivity contribution in [3.05, 3.63) is 65.7 Å². The first-order valence-electron chi connectivity index (χ1n) is 6.54. The molecule has 0 heterocycles. The summed E-state index contributed by atoms with van der Waals surface area (Å²) < 4.78 is 5.39. The minimum atomic E-state index is 0.100. The van der Waals surface area contributed by atoms with Crippen molar-refractivity contribution >= 4 is 16.6 Å². The van der Waals surface area contributed by atoms with Crippen molar-refractivity contribution in [2.75, 3.05) is 7.11 Å². The van der Waals surface area contributed by atoms with Gasteiger partial charge in [-0.15, -0.1) is 0 Å². The van der Waals surface area contributed by atoms with Crippen LogP contribution in [0.5, 0.6) is 5.75 Å². The summed E-state index contributed by atoms with van der Waals surface area (Å²) in [5, 5.41) is 2.07. The molecule has 0 saturated heterocycles. The highest BCUT2D eigenvalue weighted by Gasteiger charge is 2.26. The first-order valence-corrected chi connectivity index (χ1v) is 6.54. The van der Waals surface area contributed by atoms with Gasteiger partial charge in [-0.25, -0.2) is 0 Å². The number of carbonyl (C=O) groups excluding carboxylic acids is 1. The lowest BCUT2D eigenvalue weighted by Crippen LogP contribution is -1.95. The molecule has 3 aromatic carbocycles. The fourth-order valence-corrected chi connectivity index (χ4v) is 2.95. The third-order valence-electron chi connectivity index (χ3n) is 3.90. The fraction of sp³-hybridized carbons (Fsp3) is 0.0556. The van der Waals surface area contributed by atoms with Crippen LogP contribution in [0.2, 0.25) is 0 Å². The molecule has 3 aromatic rings. The number of ether oxygens (including phenoxy) is 1. The summed E-state index contributed by atoms with van der Waals surface area (Å²) in [5.74, 6) is 0.900. The number of hydrogen-bond acceptors (Lipinski definition) is 2. The number of benzene rings is 3. The predicted octanol–water partition coefficient (Wildman–Crippen LogP) is 4.06. The number of carbonyl (C=O) groups is 1. The SMILES string of the molecule is COc1cccc2cc3c(cc12)C(=O)c1ccccc1-3. The van der Waals surface area contributed by atoms with Crippen LogP contribution in [0.1, 0.15) is 15.9 Å². The van der Waals surface area contributed by atoms with Crippen molar-refractivity contribution in [3.8, 4) is 16.9 Å². The highest BCUT2D eigenvalue weighted by atomic mass is 16.5. The third kappa shape index (κ3) is 1.36. The van der Waals surface area contributed by atoms with Crippen LogP contribution in [-0.2, 0) is 0 Å². The smallest absolute Gasteiger partial charge is 0.194 e. The third-order valence-corrected chi connectivity index (χ3v) is 3.90. The molecule has 0 unspecified atom stereocenters. The molecule has 0 aromatic heterocycles. The first kappa shape index (κ1) is 11.2. The summed E-state index contributed by atoms with van der Waals surface area (Å²) in [7, 11) is 1.65. The van der Waals surface area contributed by atoms with E-state index < -0.39 is 0 Å². The molecular formula is C18H12O2. The number of rotatable bonds is 1. The van der Waals surface area contributed by atoms with Crippen molar-refractivity contribution in [2.45, 2.75) is 0 Å². The second-order valence-corrected chi connectivity index (χ2v) is 4.95. The van der Waals surface area contributed by atoms with Gasteiger partial charge in [0.1, 0.15) is 5.75 Å². The lowest BCUT2D eigenvalue weighted by molar-refractivity contribution is 0.104. The molecule has 2 heteroatoms. The molecular weight excluding hydrogens is 248 g/mol. The van der Waals surface area contributed by atoms with Crippen molar-refractivity contribution in [2.24, 2.45) is 0 Å². The van der Waals surface area contributed by atoms with E-state index in [9.17, 15) is 4.79 Å². The first-order chi connectivity index (χ1) is 9.79. The average molecular weight is 260 g/mol. The van der Waals surface area contributed by atoms with Gasteiger partial charge in [0.15, 0.2) is 5.78 Å². The Kier molecular flexibility index (Phi) is 2.21. The summed E-state index contributed by atoms with van der Waals surface area (Å²) in [6, 6.07) is 17.7. The van der Waals surface area contributed by atoms with Gasteiger partial charge in [0.25, 0.3) is 0 Å². The van der Waals surface area contributed by atoms with Gasteiger partial charge in [-0.3, -0.25) is 4.79 Å². The van der Waals surface area contributed by atoms with E-state index in [2.05, 4.69) is 6.07 Å². The summed E-state index contributed by atoms with van der Waals surface area (Å²) in [5.41, 5.74) is 3.60. The Morgan fingerprint density at radius 2 is 1.60 bits per heavy atom. The van der Waals surface area contributed by atoms with Gasteiger partial charge >= 0.3 is 0 Å². The van der Waals surface area contributed by atoms with Crippen LogP contribution in [0, 0.1) is 0 Å². The number of methoxy groups -OCH3 is 1. The largest absolute Gasteiger partial charge is 0.496 e. The van der Waals surface area contributed by atoms with Gasteiger partial charge in [0.2, 0.25) is 0 Å². The molecule has 1 aliphatic rings. The second kappa shape index (κ2) is 3.94. The average Bonchev–Trinajstić information content (AvgIpc) is 2.78. The van der Waals surface area contributed by atoms with Crippen molar-refractivity contribution in [1.82, 2.24) is 0 Å².